The van der Waals surface area contributed by atoms with E-state index in [1.54, 1.807) is 24.3 Å². The summed E-state index contributed by atoms with van der Waals surface area (Å²) in [5.41, 5.74) is 6.57. The normalized spacial score (nSPS) is 12.2. The van der Waals surface area contributed by atoms with Crippen LogP contribution in [0.4, 0.5) is 0 Å². The van der Waals surface area contributed by atoms with Crippen LogP contribution in [0.15, 0.2) is 36.4 Å². The van der Waals surface area contributed by atoms with Gasteiger partial charge in [-0.15, -0.1) is 0 Å². The van der Waals surface area contributed by atoms with Gasteiger partial charge in [-0.3, -0.25) is 9.59 Å². The predicted octanol–water partition coefficient (Wildman–Crippen LogP) is 2.52. The average Bonchev–Trinajstić information content (AvgIpc) is 2.61. The van der Waals surface area contributed by atoms with Gasteiger partial charge in [-0.25, -0.2) is 4.79 Å². The standard InChI is InChI=1S/C22H32N2O5/c1-14(2)13-22(4,5)24-20(26)18(23)12-16-7-9-17(10-8-16)29-21(27)15(3)11-19(25)28-6/h7-10,14,18H,3,11-13,23H2,1-2,4-6H3,(H,24,26). The van der Waals surface area contributed by atoms with Crippen LogP contribution >= 0.6 is 0 Å². The van der Waals surface area contributed by atoms with Crippen molar-refractivity contribution >= 4 is 17.8 Å². The molecular formula is C22H32N2O5. The van der Waals surface area contributed by atoms with Crippen molar-refractivity contribution in [3.8, 4) is 5.75 Å². The fourth-order valence-electron chi connectivity index (χ4n) is 3.04. The van der Waals surface area contributed by atoms with Crippen molar-refractivity contribution in [3.63, 3.8) is 0 Å². The van der Waals surface area contributed by atoms with Gasteiger partial charge in [0.1, 0.15) is 5.75 Å². The second kappa shape index (κ2) is 10.8. The van der Waals surface area contributed by atoms with Gasteiger partial charge in [0.15, 0.2) is 0 Å². The Morgan fingerprint density at radius 3 is 2.28 bits per heavy atom. The number of carbonyl (C=O) groups is 3. The van der Waals surface area contributed by atoms with Crippen LogP contribution in [0.3, 0.4) is 0 Å². The Balaban J connectivity index is 2.61. The SMILES string of the molecule is C=C(CC(=O)OC)C(=O)Oc1ccc(CC(N)C(=O)NC(C)(C)CC(C)C)cc1. The molecule has 0 radical (unpaired) electrons. The number of ether oxygens (including phenoxy) is 2. The number of hydrogen-bond acceptors (Lipinski definition) is 6. The molecule has 0 aliphatic carbocycles. The zero-order valence-corrected chi connectivity index (χ0v) is 17.9. The van der Waals surface area contributed by atoms with E-state index >= 15 is 0 Å². The molecule has 1 amide bonds. The number of nitrogens with one attached hydrogen (secondary N) is 1. The summed E-state index contributed by atoms with van der Waals surface area (Å²) in [5, 5.41) is 3.00. The number of hydrogen-bond donors (Lipinski definition) is 2. The summed E-state index contributed by atoms with van der Waals surface area (Å²) >= 11 is 0. The van der Waals surface area contributed by atoms with Crippen molar-refractivity contribution in [1.29, 1.82) is 0 Å². The van der Waals surface area contributed by atoms with Gasteiger partial charge in [0.25, 0.3) is 0 Å². The zero-order valence-electron chi connectivity index (χ0n) is 17.9. The van der Waals surface area contributed by atoms with Crippen molar-refractivity contribution in [2.75, 3.05) is 7.11 Å². The molecule has 0 saturated carbocycles. The highest BCUT2D eigenvalue weighted by Crippen LogP contribution is 2.17. The van der Waals surface area contributed by atoms with Crippen LogP contribution in [0, 0.1) is 5.92 Å². The minimum absolute atomic E-state index is 0.00336. The molecule has 3 N–H and O–H groups in total. The van der Waals surface area contributed by atoms with E-state index in [1.165, 1.54) is 7.11 Å². The molecule has 160 valence electrons. The highest BCUT2D eigenvalue weighted by Gasteiger charge is 2.25. The summed E-state index contributed by atoms with van der Waals surface area (Å²) in [4.78, 5) is 35.5. The summed E-state index contributed by atoms with van der Waals surface area (Å²) in [6, 6.07) is 5.99. The molecule has 0 bridgehead atoms. The molecule has 1 aromatic rings. The van der Waals surface area contributed by atoms with Crippen molar-refractivity contribution in [2.45, 2.75) is 58.5 Å². The number of carbonyl (C=O) groups excluding carboxylic acids is 3. The summed E-state index contributed by atoms with van der Waals surface area (Å²) < 4.78 is 9.67. The molecule has 1 atom stereocenters. The minimum atomic E-state index is -0.702. The van der Waals surface area contributed by atoms with Crippen LogP contribution in [0.1, 0.15) is 46.1 Å². The Hall–Kier alpha value is -2.67. The molecule has 0 aromatic heterocycles. The van der Waals surface area contributed by atoms with Gasteiger partial charge in [0.2, 0.25) is 5.91 Å². The van der Waals surface area contributed by atoms with Crippen LogP contribution < -0.4 is 15.8 Å². The van der Waals surface area contributed by atoms with Crippen molar-refractivity contribution in [2.24, 2.45) is 11.7 Å². The van der Waals surface area contributed by atoms with E-state index in [-0.39, 0.29) is 23.4 Å². The number of methoxy groups -OCH3 is 1. The van der Waals surface area contributed by atoms with Gasteiger partial charge in [-0.1, -0.05) is 32.6 Å². The van der Waals surface area contributed by atoms with E-state index in [2.05, 4.69) is 30.5 Å². The maximum Gasteiger partial charge on any atom is 0.339 e. The van der Waals surface area contributed by atoms with Crippen molar-refractivity contribution in [3.05, 3.63) is 42.0 Å². The molecule has 1 rings (SSSR count). The Labute approximate surface area is 172 Å². The van der Waals surface area contributed by atoms with Crippen LogP contribution in [0.2, 0.25) is 0 Å². The van der Waals surface area contributed by atoms with E-state index in [4.69, 9.17) is 10.5 Å². The monoisotopic (exact) mass is 404 g/mol. The number of benzene rings is 1. The molecule has 0 aliphatic heterocycles. The molecule has 7 nitrogen and oxygen atoms in total. The molecular weight excluding hydrogens is 372 g/mol. The summed E-state index contributed by atoms with van der Waals surface area (Å²) in [7, 11) is 1.23. The first-order valence-corrected chi connectivity index (χ1v) is 9.57. The van der Waals surface area contributed by atoms with E-state index in [9.17, 15) is 14.4 Å². The van der Waals surface area contributed by atoms with Gasteiger partial charge in [0.05, 0.1) is 19.6 Å². The van der Waals surface area contributed by atoms with E-state index in [1.807, 2.05) is 13.8 Å². The van der Waals surface area contributed by atoms with Gasteiger partial charge >= 0.3 is 11.9 Å². The van der Waals surface area contributed by atoms with E-state index in [0.717, 1.165) is 12.0 Å². The largest absolute Gasteiger partial charge is 0.469 e. The molecule has 0 aliphatic rings. The third-order valence-electron chi connectivity index (χ3n) is 4.18. The van der Waals surface area contributed by atoms with Gasteiger partial charge in [-0.2, -0.15) is 0 Å². The number of nitrogens with two attached hydrogens (primary N) is 1. The van der Waals surface area contributed by atoms with E-state index in [0.29, 0.717) is 18.1 Å². The fraction of sp³-hybridized carbons (Fsp3) is 0.500. The van der Waals surface area contributed by atoms with Crippen LogP contribution in [0.5, 0.6) is 5.75 Å². The molecule has 0 fully saturated rings. The fourth-order valence-corrected chi connectivity index (χ4v) is 3.04. The third kappa shape index (κ3) is 8.91. The first-order chi connectivity index (χ1) is 13.4. The number of rotatable bonds is 10. The first-order valence-electron chi connectivity index (χ1n) is 9.57. The molecule has 1 aromatic carbocycles. The van der Waals surface area contributed by atoms with E-state index < -0.39 is 18.0 Å². The Morgan fingerprint density at radius 2 is 1.76 bits per heavy atom. The van der Waals surface area contributed by atoms with Crippen LogP contribution in [-0.4, -0.2) is 36.5 Å². The van der Waals surface area contributed by atoms with Gasteiger partial charge < -0.3 is 20.5 Å². The summed E-state index contributed by atoms with van der Waals surface area (Å²) in [6.07, 6.45) is 0.976. The molecule has 0 spiro atoms. The summed E-state index contributed by atoms with van der Waals surface area (Å²) in [6.45, 7) is 11.7. The smallest absolute Gasteiger partial charge is 0.339 e. The van der Waals surface area contributed by atoms with Crippen LogP contribution in [0.25, 0.3) is 0 Å². The predicted molar refractivity (Wildman–Crippen MR) is 111 cm³/mol. The lowest BCUT2D eigenvalue weighted by atomic mass is 9.92. The van der Waals surface area contributed by atoms with Crippen molar-refractivity contribution < 1.29 is 23.9 Å². The quantitative estimate of drug-likeness (QED) is 0.352. The van der Waals surface area contributed by atoms with Gasteiger partial charge in [0, 0.05) is 11.1 Å². The number of esters is 2. The highest BCUT2D eigenvalue weighted by molar-refractivity contribution is 5.94. The summed E-state index contributed by atoms with van der Waals surface area (Å²) in [5.74, 6) is -0.704. The lowest BCUT2D eigenvalue weighted by molar-refractivity contribution is -0.141. The zero-order chi connectivity index (χ0) is 22.2. The maximum atomic E-state index is 12.4. The lowest BCUT2D eigenvalue weighted by Gasteiger charge is -2.29. The van der Waals surface area contributed by atoms with Crippen molar-refractivity contribution in [1.82, 2.24) is 5.32 Å². The molecule has 0 heterocycles. The topological polar surface area (TPSA) is 108 Å². The molecule has 1 unspecified atom stereocenters. The Kier molecular flexibility index (Phi) is 9.04. The Morgan fingerprint density at radius 1 is 1.17 bits per heavy atom. The Bertz CT molecular complexity index is 738. The molecule has 7 heteroatoms. The second-order valence-electron chi connectivity index (χ2n) is 8.17. The molecule has 29 heavy (non-hydrogen) atoms. The second-order valence-corrected chi connectivity index (χ2v) is 8.17. The van der Waals surface area contributed by atoms with Gasteiger partial charge in [-0.05, 0) is 50.3 Å². The highest BCUT2D eigenvalue weighted by atomic mass is 16.5. The lowest BCUT2D eigenvalue weighted by Crippen LogP contribution is -2.51. The number of amides is 1. The third-order valence-corrected chi connectivity index (χ3v) is 4.18. The molecule has 0 saturated heterocycles. The first kappa shape index (κ1) is 24.4. The average molecular weight is 405 g/mol. The minimum Gasteiger partial charge on any atom is -0.469 e. The van der Waals surface area contributed by atoms with Crippen LogP contribution in [-0.2, 0) is 25.5 Å². The maximum absolute atomic E-state index is 12.4.